The molecule has 0 radical (unpaired) electrons. The maximum Gasteiger partial charge on any atom is 0.158 e. The van der Waals surface area contributed by atoms with Crippen LogP contribution in [0.1, 0.15) is 37.4 Å². The third kappa shape index (κ3) is 3.80. The smallest absolute Gasteiger partial charge is 0.158 e. The van der Waals surface area contributed by atoms with Gasteiger partial charge in [0, 0.05) is 0 Å². The van der Waals surface area contributed by atoms with Gasteiger partial charge in [0.1, 0.15) is 6.10 Å². The lowest BCUT2D eigenvalue weighted by molar-refractivity contribution is -0.0637. The van der Waals surface area contributed by atoms with E-state index in [0.29, 0.717) is 6.61 Å². The third-order valence-corrected chi connectivity index (χ3v) is 3.06. The number of unbranched alkanes of at least 4 members (excludes halogenated alkanes) is 2. The SMILES string of the molecule is NCCCCCC1OCC(c2ccccc2)O1. The Balaban J connectivity index is 1.72. The molecule has 1 aromatic rings. The highest BCUT2D eigenvalue weighted by atomic mass is 16.7. The molecule has 1 aromatic carbocycles. The number of ether oxygens (including phenoxy) is 2. The molecule has 17 heavy (non-hydrogen) atoms. The lowest BCUT2D eigenvalue weighted by Gasteiger charge is -2.11. The van der Waals surface area contributed by atoms with E-state index in [-0.39, 0.29) is 12.4 Å². The first-order valence-electron chi connectivity index (χ1n) is 6.42. The predicted octanol–water partition coefficient (Wildman–Crippen LogP) is 2.62. The second kappa shape index (κ2) is 6.74. The average Bonchev–Trinajstić information content (AvgIpc) is 2.85. The fourth-order valence-electron chi connectivity index (χ4n) is 2.08. The molecule has 0 aromatic heterocycles. The van der Waals surface area contributed by atoms with Crippen LogP contribution in [-0.4, -0.2) is 19.4 Å². The Hall–Kier alpha value is -0.900. The number of hydrogen-bond donors (Lipinski definition) is 1. The van der Waals surface area contributed by atoms with Crippen molar-refractivity contribution in [3.63, 3.8) is 0 Å². The monoisotopic (exact) mass is 235 g/mol. The first kappa shape index (κ1) is 12.6. The molecule has 2 N–H and O–H groups in total. The van der Waals surface area contributed by atoms with Gasteiger partial charge in [0.2, 0.25) is 0 Å². The predicted molar refractivity (Wildman–Crippen MR) is 67.5 cm³/mol. The molecule has 0 amide bonds. The first-order chi connectivity index (χ1) is 8.40. The van der Waals surface area contributed by atoms with Crippen LogP contribution < -0.4 is 5.73 Å². The molecule has 94 valence electrons. The molecule has 2 rings (SSSR count). The Bertz CT molecular complexity index is 315. The standard InChI is InChI=1S/C14H21NO2/c15-10-6-2-5-9-14-16-11-13(17-14)12-7-3-1-4-8-12/h1,3-4,7-8,13-14H,2,5-6,9-11,15H2. The van der Waals surface area contributed by atoms with Gasteiger partial charge in [0.15, 0.2) is 6.29 Å². The third-order valence-electron chi connectivity index (χ3n) is 3.06. The van der Waals surface area contributed by atoms with Crippen molar-refractivity contribution in [3.05, 3.63) is 35.9 Å². The summed E-state index contributed by atoms with van der Waals surface area (Å²) in [5.74, 6) is 0. The zero-order chi connectivity index (χ0) is 11.9. The van der Waals surface area contributed by atoms with Crippen molar-refractivity contribution in [2.24, 2.45) is 5.73 Å². The van der Waals surface area contributed by atoms with Crippen LogP contribution in [0.3, 0.4) is 0 Å². The number of rotatable bonds is 6. The van der Waals surface area contributed by atoms with Gasteiger partial charge in [-0.15, -0.1) is 0 Å². The van der Waals surface area contributed by atoms with E-state index < -0.39 is 0 Å². The summed E-state index contributed by atoms with van der Waals surface area (Å²) in [4.78, 5) is 0. The fraction of sp³-hybridized carbons (Fsp3) is 0.571. The number of benzene rings is 1. The lowest BCUT2D eigenvalue weighted by atomic mass is 10.1. The number of hydrogen-bond acceptors (Lipinski definition) is 3. The van der Waals surface area contributed by atoms with Crippen LogP contribution in [0.4, 0.5) is 0 Å². The van der Waals surface area contributed by atoms with E-state index in [4.69, 9.17) is 15.2 Å². The maximum absolute atomic E-state index is 5.87. The van der Waals surface area contributed by atoms with Gasteiger partial charge in [-0.1, -0.05) is 36.8 Å². The van der Waals surface area contributed by atoms with Crippen LogP contribution in [0.25, 0.3) is 0 Å². The van der Waals surface area contributed by atoms with Gasteiger partial charge in [0.25, 0.3) is 0 Å². The summed E-state index contributed by atoms with van der Waals surface area (Å²) >= 11 is 0. The molecule has 3 nitrogen and oxygen atoms in total. The Labute approximate surface area is 103 Å². The Morgan fingerprint density at radius 2 is 1.94 bits per heavy atom. The summed E-state index contributed by atoms with van der Waals surface area (Å²) in [5.41, 5.74) is 6.66. The Morgan fingerprint density at radius 3 is 2.71 bits per heavy atom. The van der Waals surface area contributed by atoms with Crippen LogP contribution in [0, 0.1) is 0 Å². The van der Waals surface area contributed by atoms with E-state index in [1.807, 2.05) is 18.2 Å². The molecule has 1 saturated heterocycles. The largest absolute Gasteiger partial charge is 0.350 e. The van der Waals surface area contributed by atoms with Gasteiger partial charge < -0.3 is 15.2 Å². The van der Waals surface area contributed by atoms with Crippen molar-refractivity contribution in [1.82, 2.24) is 0 Å². The molecule has 0 spiro atoms. The van der Waals surface area contributed by atoms with Crippen LogP contribution in [-0.2, 0) is 9.47 Å². The zero-order valence-electron chi connectivity index (χ0n) is 10.2. The molecule has 3 heteroatoms. The van der Waals surface area contributed by atoms with E-state index in [9.17, 15) is 0 Å². The van der Waals surface area contributed by atoms with E-state index >= 15 is 0 Å². The molecule has 0 aliphatic carbocycles. The summed E-state index contributed by atoms with van der Waals surface area (Å²) in [6.07, 6.45) is 4.44. The molecule has 1 heterocycles. The van der Waals surface area contributed by atoms with E-state index in [1.54, 1.807) is 0 Å². The van der Waals surface area contributed by atoms with Crippen LogP contribution in [0.2, 0.25) is 0 Å². The normalized spacial score (nSPS) is 24.1. The van der Waals surface area contributed by atoms with Crippen molar-refractivity contribution in [2.45, 2.75) is 38.1 Å². The summed E-state index contributed by atoms with van der Waals surface area (Å²) in [7, 11) is 0. The van der Waals surface area contributed by atoms with Crippen molar-refractivity contribution in [2.75, 3.05) is 13.2 Å². The molecular formula is C14H21NO2. The molecule has 2 atom stereocenters. The van der Waals surface area contributed by atoms with E-state index in [1.165, 1.54) is 5.56 Å². The quantitative estimate of drug-likeness (QED) is 0.771. The molecule has 1 aliphatic rings. The minimum Gasteiger partial charge on any atom is -0.350 e. The van der Waals surface area contributed by atoms with Crippen molar-refractivity contribution in [3.8, 4) is 0 Å². The summed E-state index contributed by atoms with van der Waals surface area (Å²) in [5, 5.41) is 0. The van der Waals surface area contributed by atoms with Gasteiger partial charge in [-0.3, -0.25) is 0 Å². The highest BCUT2D eigenvalue weighted by Gasteiger charge is 2.26. The van der Waals surface area contributed by atoms with Gasteiger partial charge in [-0.2, -0.15) is 0 Å². The van der Waals surface area contributed by atoms with Crippen molar-refractivity contribution < 1.29 is 9.47 Å². The molecule has 0 bridgehead atoms. The molecule has 2 unspecified atom stereocenters. The summed E-state index contributed by atoms with van der Waals surface area (Å²) in [6.45, 7) is 1.45. The fourth-order valence-corrected chi connectivity index (χ4v) is 2.08. The average molecular weight is 235 g/mol. The summed E-state index contributed by atoms with van der Waals surface area (Å²) < 4.78 is 11.5. The molecule has 1 fully saturated rings. The molecule has 0 saturated carbocycles. The molecular weight excluding hydrogens is 214 g/mol. The van der Waals surface area contributed by atoms with Gasteiger partial charge in [-0.05, 0) is 31.4 Å². The van der Waals surface area contributed by atoms with Crippen LogP contribution in [0.5, 0.6) is 0 Å². The van der Waals surface area contributed by atoms with E-state index in [2.05, 4.69) is 12.1 Å². The second-order valence-electron chi connectivity index (χ2n) is 4.44. The zero-order valence-corrected chi connectivity index (χ0v) is 10.2. The Morgan fingerprint density at radius 1 is 1.12 bits per heavy atom. The summed E-state index contributed by atoms with van der Waals surface area (Å²) in [6, 6.07) is 10.3. The first-order valence-corrected chi connectivity index (χ1v) is 6.42. The number of nitrogens with two attached hydrogens (primary N) is 1. The highest BCUT2D eigenvalue weighted by Crippen LogP contribution is 2.28. The van der Waals surface area contributed by atoms with Gasteiger partial charge >= 0.3 is 0 Å². The van der Waals surface area contributed by atoms with Crippen molar-refractivity contribution in [1.29, 1.82) is 0 Å². The molecule has 1 aliphatic heterocycles. The lowest BCUT2D eigenvalue weighted by Crippen LogP contribution is -2.08. The van der Waals surface area contributed by atoms with Crippen LogP contribution in [0.15, 0.2) is 30.3 Å². The Kier molecular flexibility index (Phi) is 4.98. The second-order valence-corrected chi connectivity index (χ2v) is 4.44. The van der Waals surface area contributed by atoms with Crippen LogP contribution >= 0.6 is 0 Å². The minimum absolute atomic E-state index is 0.0296. The van der Waals surface area contributed by atoms with Gasteiger partial charge in [-0.25, -0.2) is 0 Å². The minimum atomic E-state index is -0.0296. The highest BCUT2D eigenvalue weighted by molar-refractivity contribution is 5.18. The van der Waals surface area contributed by atoms with Gasteiger partial charge in [0.05, 0.1) is 6.61 Å². The maximum atomic E-state index is 5.87. The van der Waals surface area contributed by atoms with E-state index in [0.717, 1.165) is 32.2 Å². The topological polar surface area (TPSA) is 44.5 Å². The van der Waals surface area contributed by atoms with Crippen molar-refractivity contribution >= 4 is 0 Å².